The number of hydrogen-bond donors (Lipinski definition) is 2. The molecule has 0 aromatic heterocycles. The molecule has 0 radical (unpaired) electrons. The Hall–Kier alpha value is -1.06. The number of ether oxygens (including phenoxy) is 1. The van der Waals surface area contributed by atoms with Crippen LogP contribution >= 0.6 is 0 Å². The Labute approximate surface area is 104 Å². The highest BCUT2D eigenvalue weighted by molar-refractivity contribution is 5.43. The van der Waals surface area contributed by atoms with Gasteiger partial charge in [0.25, 0.3) is 0 Å². The monoisotopic (exact) mass is 237 g/mol. The van der Waals surface area contributed by atoms with E-state index in [9.17, 15) is 0 Å². The lowest BCUT2D eigenvalue weighted by Gasteiger charge is -2.14. The summed E-state index contributed by atoms with van der Waals surface area (Å²) in [7, 11) is 0. The molecule has 0 unspecified atom stereocenters. The fourth-order valence-electron chi connectivity index (χ4n) is 1.84. The van der Waals surface area contributed by atoms with Gasteiger partial charge < -0.3 is 15.2 Å². The lowest BCUT2D eigenvalue weighted by Crippen LogP contribution is -2.22. The van der Waals surface area contributed by atoms with Crippen molar-refractivity contribution >= 4 is 0 Å². The average Bonchev–Trinajstić information content (AvgIpc) is 2.25. The van der Waals surface area contributed by atoms with Crippen molar-refractivity contribution in [3.63, 3.8) is 0 Å². The van der Waals surface area contributed by atoms with Gasteiger partial charge in [-0.25, -0.2) is 0 Å². The van der Waals surface area contributed by atoms with Gasteiger partial charge in [0.1, 0.15) is 12.4 Å². The van der Waals surface area contributed by atoms with Crippen molar-refractivity contribution in [2.45, 2.75) is 40.3 Å². The van der Waals surface area contributed by atoms with E-state index in [2.05, 4.69) is 31.3 Å². The zero-order valence-corrected chi connectivity index (χ0v) is 11.2. The van der Waals surface area contributed by atoms with Crippen LogP contribution < -0.4 is 10.1 Å². The van der Waals surface area contributed by atoms with Gasteiger partial charge in [-0.1, -0.05) is 26.0 Å². The van der Waals surface area contributed by atoms with Gasteiger partial charge in [0.15, 0.2) is 0 Å². The largest absolute Gasteiger partial charge is 0.491 e. The van der Waals surface area contributed by atoms with Crippen LogP contribution in [0.2, 0.25) is 0 Å². The van der Waals surface area contributed by atoms with Crippen LogP contribution in [0, 0.1) is 13.8 Å². The smallest absolute Gasteiger partial charge is 0.125 e. The molecule has 0 heterocycles. The summed E-state index contributed by atoms with van der Waals surface area (Å²) < 4.78 is 5.53. The van der Waals surface area contributed by atoms with Gasteiger partial charge in [-0.2, -0.15) is 0 Å². The maximum Gasteiger partial charge on any atom is 0.125 e. The Morgan fingerprint density at radius 3 is 2.29 bits per heavy atom. The van der Waals surface area contributed by atoms with E-state index in [1.165, 1.54) is 5.56 Å². The number of nitrogens with one attached hydrogen (secondary N) is 1. The van der Waals surface area contributed by atoms with Crippen molar-refractivity contribution in [1.82, 2.24) is 5.32 Å². The quantitative estimate of drug-likeness (QED) is 0.796. The minimum absolute atomic E-state index is 0.0511. The lowest BCUT2D eigenvalue weighted by molar-refractivity contribution is 0.200. The zero-order valence-electron chi connectivity index (χ0n) is 11.2. The molecular weight excluding hydrogens is 214 g/mol. The summed E-state index contributed by atoms with van der Waals surface area (Å²) in [5.41, 5.74) is 3.52. The van der Waals surface area contributed by atoms with E-state index in [-0.39, 0.29) is 6.61 Å². The number of rotatable bonds is 6. The minimum Gasteiger partial charge on any atom is -0.491 e. The summed E-state index contributed by atoms with van der Waals surface area (Å²) in [6, 6.07) is 4.76. The maximum atomic E-state index is 8.77. The average molecular weight is 237 g/mol. The SMILES string of the molecule is Cc1cc(CNC(C)C)cc(C)c1OCCO. The fraction of sp³-hybridized carbons (Fsp3) is 0.571. The summed E-state index contributed by atoms with van der Waals surface area (Å²) in [6.07, 6.45) is 0. The molecule has 0 aliphatic rings. The van der Waals surface area contributed by atoms with Gasteiger partial charge in [0.2, 0.25) is 0 Å². The molecule has 0 fully saturated rings. The predicted molar refractivity (Wildman–Crippen MR) is 70.5 cm³/mol. The van der Waals surface area contributed by atoms with E-state index in [1.807, 2.05) is 13.8 Å². The topological polar surface area (TPSA) is 41.5 Å². The molecule has 1 aromatic carbocycles. The van der Waals surface area contributed by atoms with Crippen LogP contribution in [0.4, 0.5) is 0 Å². The third kappa shape index (κ3) is 4.36. The Bertz CT molecular complexity index is 338. The van der Waals surface area contributed by atoms with Gasteiger partial charge in [0, 0.05) is 12.6 Å². The van der Waals surface area contributed by atoms with Crippen molar-refractivity contribution in [2.24, 2.45) is 0 Å². The molecule has 0 spiro atoms. The highest BCUT2D eigenvalue weighted by Crippen LogP contribution is 2.24. The van der Waals surface area contributed by atoms with Gasteiger partial charge in [-0.3, -0.25) is 0 Å². The number of aryl methyl sites for hydroxylation is 2. The second-order valence-corrected chi connectivity index (χ2v) is 4.67. The molecule has 1 aromatic rings. The molecule has 0 saturated carbocycles. The van der Waals surface area contributed by atoms with Crippen molar-refractivity contribution in [3.05, 3.63) is 28.8 Å². The Kier molecular flexibility index (Phi) is 5.45. The third-order valence-electron chi connectivity index (χ3n) is 2.57. The molecule has 17 heavy (non-hydrogen) atoms. The number of hydrogen-bond acceptors (Lipinski definition) is 3. The molecule has 3 nitrogen and oxygen atoms in total. The molecule has 3 heteroatoms. The second-order valence-electron chi connectivity index (χ2n) is 4.67. The molecule has 0 aliphatic heterocycles. The Morgan fingerprint density at radius 2 is 1.82 bits per heavy atom. The molecule has 0 aliphatic carbocycles. The molecule has 0 bridgehead atoms. The number of aliphatic hydroxyl groups is 1. The first-order chi connectivity index (χ1) is 8.04. The first-order valence-corrected chi connectivity index (χ1v) is 6.11. The van der Waals surface area contributed by atoms with Crippen LogP contribution in [0.3, 0.4) is 0 Å². The summed E-state index contributed by atoms with van der Waals surface area (Å²) in [6.45, 7) is 9.63. The van der Waals surface area contributed by atoms with Gasteiger partial charge in [-0.15, -0.1) is 0 Å². The molecular formula is C14H23NO2. The van der Waals surface area contributed by atoms with E-state index in [0.29, 0.717) is 12.6 Å². The van der Waals surface area contributed by atoms with E-state index >= 15 is 0 Å². The molecule has 0 saturated heterocycles. The summed E-state index contributed by atoms with van der Waals surface area (Å²) >= 11 is 0. The van der Waals surface area contributed by atoms with Crippen LogP contribution in [0.5, 0.6) is 5.75 Å². The van der Waals surface area contributed by atoms with E-state index in [4.69, 9.17) is 9.84 Å². The maximum absolute atomic E-state index is 8.77. The molecule has 96 valence electrons. The van der Waals surface area contributed by atoms with Crippen molar-refractivity contribution in [1.29, 1.82) is 0 Å². The molecule has 0 amide bonds. The Balaban J connectivity index is 2.78. The van der Waals surface area contributed by atoms with Crippen LogP contribution in [-0.2, 0) is 6.54 Å². The standard InChI is InChI=1S/C14H23NO2/c1-10(2)15-9-13-7-11(3)14(12(4)8-13)17-6-5-16/h7-8,10,15-16H,5-6,9H2,1-4H3. The predicted octanol–water partition coefficient (Wildman–Crippen LogP) is 2.17. The second kappa shape index (κ2) is 6.62. The van der Waals surface area contributed by atoms with Crippen LogP contribution in [0.1, 0.15) is 30.5 Å². The molecule has 1 rings (SSSR count). The number of aliphatic hydroxyl groups excluding tert-OH is 1. The molecule has 2 N–H and O–H groups in total. The van der Waals surface area contributed by atoms with Crippen molar-refractivity contribution in [3.8, 4) is 5.75 Å². The van der Waals surface area contributed by atoms with Crippen molar-refractivity contribution < 1.29 is 9.84 Å². The van der Waals surface area contributed by atoms with E-state index in [1.54, 1.807) is 0 Å². The fourth-order valence-corrected chi connectivity index (χ4v) is 1.84. The summed E-state index contributed by atoms with van der Waals surface area (Å²) in [5, 5.41) is 12.2. The Morgan fingerprint density at radius 1 is 1.24 bits per heavy atom. The summed E-state index contributed by atoms with van der Waals surface area (Å²) in [5.74, 6) is 0.896. The van der Waals surface area contributed by atoms with Crippen LogP contribution in [-0.4, -0.2) is 24.4 Å². The highest BCUT2D eigenvalue weighted by atomic mass is 16.5. The number of benzene rings is 1. The molecule has 0 atom stereocenters. The van der Waals surface area contributed by atoms with Crippen LogP contribution in [0.25, 0.3) is 0 Å². The van der Waals surface area contributed by atoms with Gasteiger partial charge in [0.05, 0.1) is 6.61 Å². The first kappa shape index (κ1) is 14.0. The summed E-state index contributed by atoms with van der Waals surface area (Å²) in [4.78, 5) is 0. The van der Waals surface area contributed by atoms with Crippen LogP contribution in [0.15, 0.2) is 12.1 Å². The van der Waals surface area contributed by atoms with Gasteiger partial charge >= 0.3 is 0 Å². The van der Waals surface area contributed by atoms with E-state index < -0.39 is 0 Å². The highest BCUT2D eigenvalue weighted by Gasteiger charge is 2.06. The normalized spacial score (nSPS) is 10.9. The third-order valence-corrected chi connectivity index (χ3v) is 2.57. The first-order valence-electron chi connectivity index (χ1n) is 6.11. The lowest BCUT2D eigenvalue weighted by atomic mass is 10.1. The minimum atomic E-state index is 0.0511. The van der Waals surface area contributed by atoms with Crippen molar-refractivity contribution in [2.75, 3.05) is 13.2 Å². The van der Waals surface area contributed by atoms with E-state index in [0.717, 1.165) is 23.4 Å². The van der Waals surface area contributed by atoms with Gasteiger partial charge in [-0.05, 0) is 30.5 Å². The zero-order chi connectivity index (χ0) is 12.8.